The minimum absolute atomic E-state index is 0.0191. The lowest BCUT2D eigenvalue weighted by Crippen LogP contribution is -2.40. The fourth-order valence-corrected chi connectivity index (χ4v) is 8.34. The first-order valence-electron chi connectivity index (χ1n) is 20.8. The van der Waals surface area contributed by atoms with E-state index >= 15 is 4.39 Å². The van der Waals surface area contributed by atoms with E-state index < -0.39 is 11.9 Å². The van der Waals surface area contributed by atoms with Crippen molar-refractivity contribution in [3.05, 3.63) is 89.8 Å². The molecule has 4 aliphatic rings. The number of nitrogens with one attached hydrogen (secondary N) is 4. The molecule has 4 aromatic heterocycles. The molecule has 308 valence electrons. The van der Waals surface area contributed by atoms with Crippen LogP contribution in [0.4, 0.5) is 43.4 Å². The molecule has 0 unspecified atom stereocenters. The fraction of sp³-hybridized carbons (Fsp3) is 0.442. The SMILES string of the molecule is O[C@@H]1COCC[C@H]1CNc1cc(Nc2cc(F)cc(O[C@@H]3COCC[C@H]3CNc3cc(Nc4cccc(F)c4)n4ncc(C5CC5)c4n3)c2)n2ncc(C3CCC3)c2n1. The summed E-state index contributed by atoms with van der Waals surface area (Å²) < 4.78 is 50.8. The summed E-state index contributed by atoms with van der Waals surface area (Å²) >= 11 is 0. The third kappa shape index (κ3) is 8.21. The summed E-state index contributed by atoms with van der Waals surface area (Å²) in [5.41, 5.74) is 4.80. The van der Waals surface area contributed by atoms with Crippen LogP contribution >= 0.6 is 0 Å². The van der Waals surface area contributed by atoms with E-state index in [1.165, 1.54) is 30.7 Å². The number of aliphatic hydroxyl groups is 1. The van der Waals surface area contributed by atoms with Gasteiger partial charge in [0, 0.05) is 84.9 Å². The molecule has 6 heterocycles. The van der Waals surface area contributed by atoms with E-state index in [9.17, 15) is 9.50 Å². The third-order valence-corrected chi connectivity index (χ3v) is 12.1. The average Bonchev–Trinajstić information content (AvgIpc) is 3.82. The van der Waals surface area contributed by atoms with Crippen molar-refractivity contribution in [1.29, 1.82) is 0 Å². The topological polar surface area (TPSA) is 156 Å². The highest BCUT2D eigenvalue weighted by Crippen LogP contribution is 2.42. The molecule has 0 amide bonds. The van der Waals surface area contributed by atoms with E-state index in [1.807, 2.05) is 30.6 Å². The summed E-state index contributed by atoms with van der Waals surface area (Å²) in [5.74, 6) is 3.06. The number of aliphatic hydroxyl groups excluding tert-OH is 1. The lowest BCUT2D eigenvalue weighted by molar-refractivity contribution is -0.0396. The maximum Gasteiger partial charge on any atom is 0.163 e. The van der Waals surface area contributed by atoms with Gasteiger partial charge in [-0.3, -0.25) is 0 Å². The molecular weight excluding hydrogens is 759 g/mol. The molecule has 4 atom stereocenters. The summed E-state index contributed by atoms with van der Waals surface area (Å²) in [6, 6.07) is 14.7. The van der Waals surface area contributed by atoms with Crippen molar-refractivity contribution in [2.75, 3.05) is 60.8 Å². The zero-order chi connectivity index (χ0) is 39.9. The van der Waals surface area contributed by atoms with E-state index in [0.717, 1.165) is 60.9 Å². The Kier molecular flexibility index (Phi) is 10.4. The molecule has 2 aliphatic carbocycles. The lowest BCUT2D eigenvalue weighted by Gasteiger charge is -2.32. The predicted octanol–water partition coefficient (Wildman–Crippen LogP) is 7.39. The second kappa shape index (κ2) is 16.2. The number of benzene rings is 2. The minimum atomic E-state index is -0.541. The van der Waals surface area contributed by atoms with Gasteiger partial charge >= 0.3 is 0 Å². The highest BCUT2D eigenvalue weighted by Gasteiger charge is 2.31. The van der Waals surface area contributed by atoms with E-state index in [2.05, 4.69) is 26.4 Å². The Bertz CT molecular complexity index is 2450. The molecule has 2 aromatic carbocycles. The van der Waals surface area contributed by atoms with Gasteiger partial charge in [0.25, 0.3) is 0 Å². The number of nitrogens with zero attached hydrogens (tertiary/aromatic N) is 6. The molecule has 16 heteroatoms. The number of ether oxygens (including phenoxy) is 3. The van der Waals surface area contributed by atoms with E-state index in [-0.39, 0.29) is 23.8 Å². The Morgan fingerprint density at radius 3 is 1.97 bits per heavy atom. The molecule has 2 aliphatic heterocycles. The van der Waals surface area contributed by atoms with Crippen molar-refractivity contribution < 1.29 is 28.1 Å². The average molecular weight is 807 g/mol. The normalized spacial score (nSPS) is 22.3. The zero-order valence-electron chi connectivity index (χ0n) is 32.6. The molecule has 2 saturated carbocycles. The lowest BCUT2D eigenvalue weighted by atomic mass is 9.81. The maximum absolute atomic E-state index is 15.4. The zero-order valence-corrected chi connectivity index (χ0v) is 32.6. The van der Waals surface area contributed by atoms with Gasteiger partial charge in [-0.1, -0.05) is 12.5 Å². The highest BCUT2D eigenvalue weighted by molar-refractivity contribution is 5.68. The first kappa shape index (κ1) is 37.7. The van der Waals surface area contributed by atoms with Crippen molar-refractivity contribution in [3.8, 4) is 5.75 Å². The van der Waals surface area contributed by atoms with Gasteiger partial charge in [0.15, 0.2) is 11.3 Å². The molecule has 6 aromatic rings. The quantitative estimate of drug-likeness (QED) is 0.0746. The largest absolute Gasteiger partial charge is 0.487 e. The van der Waals surface area contributed by atoms with Crippen LogP contribution in [0.25, 0.3) is 11.3 Å². The van der Waals surface area contributed by atoms with Gasteiger partial charge in [-0.2, -0.15) is 19.2 Å². The number of rotatable bonds is 14. The van der Waals surface area contributed by atoms with Gasteiger partial charge in [-0.25, -0.2) is 18.7 Å². The Labute approximate surface area is 339 Å². The van der Waals surface area contributed by atoms with Crippen molar-refractivity contribution in [3.63, 3.8) is 0 Å². The molecule has 0 spiro atoms. The molecule has 14 nitrogen and oxygen atoms in total. The number of anilines is 6. The molecular formula is C43H48F2N10O4. The second-order valence-corrected chi connectivity index (χ2v) is 16.3. The van der Waals surface area contributed by atoms with Crippen LogP contribution in [0, 0.1) is 23.5 Å². The number of hydrogen-bond acceptors (Lipinski definition) is 12. The van der Waals surface area contributed by atoms with Gasteiger partial charge in [-0.05, 0) is 74.6 Å². The van der Waals surface area contributed by atoms with Crippen LogP contribution < -0.4 is 26.0 Å². The fourth-order valence-electron chi connectivity index (χ4n) is 8.34. The van der Waals surface area contributed by atoms with Gasteiger partial charge < -0.3 is 40.6 Å². The van der Waals surface area contributed by atoms with Crippen molar-refractivity contribution in [2.24, 2.45) is 11.8 Å². The number of aromatic nitrogens is 6. The van der Waals surface area contributed by atoms with Crippen molar-refractivity contribution in [2.45, 2.75) is 69.0 Å². The van der Waals surface area contributed by atoms with Crippen LogP contribution in [0.15, 0.2) is 67.0 Å². The van der Waals surface area contributed by atoms with Crippen LogP contribution in [0.5, 0.6) is 5.75 Å². The van der Waals surface area contributed by atoms with E-state index in [1.54, 1.807) is 21.2 Å². The smallest absolute Gasteiger partial charge is 0.163 e. The van der Waals surface area contributed by atoms with Crippen LogP contribution in [-0.2, 0) is 9.47 Å². The monoisotopic (exact) mass is 806 g/mol. The molecule has 4 fully saturated rings. The minimum Gasteiger partial charge on any atom is -0.487 e. The van der Waals surface area contributed by atoms with E-state index in [0.29, 0.717) is 91.7 Å². The van der Waals surface area contributed by atoms with Gasteiger partial charge in [0.2, 0.25) is 0 Å². The summed E-state index contributed by atoms with van der Waals surface area (Å²) in [6.07, 6.45) is 9.91. The number of halogens is 2. The van der Waals surface area contributed by atoms with Crippen LogP contribution in [0.3, 0.4) is 0 Å². The summed E-state index contributed by atoms with van der Waals surface area (Å²) in [5, 5.41) is 33.5. The molecule has 10 rings (SSSR count). The highest BCUT2D eigenvalue weighted by atomic mass is 19.1. The first-order valence-corrected chi connectivity index (χ1v) is 20.8. The summed E-state index contributed by atoms with van der Waals surface area (Å²) in [4.78, 5) is 9.93. The predicted molar refractivity (Wildman–Crippen MR) is 219 cm³/mol. The molecule has 0 radical (unpaired) electrons. The summed E-state index contributed by atoms with van der Waals surface area (Å²) in [6.45, 7) is 2.93. The van der Waals surface area contributed by atoms with Crippen LogP contribution in [-0.4, -0.2) is 86.0 Å². The van der Waals surface area contributed by atoms with Crippen LogP contribution in [0.2, 0.25) is 0 Å². The number of hydrogen-bond donors (Lipinski definition) is 5. The Morgan fingerprint density at radius 2 is 1.32 bits per heavy atom. The van der Waals surface area contributed by atoms with Gasteiger partial charge in [-0.15, -0.1) is 0 Å². The van der Waals surface area contributed by atoms with Crippen molar-refractivity contribution >= 4 is 45.9 Å². The second-order valence-electron chi connectivity index (χ2n) is 16.3. The molecule has 59 heavy (non-hydrogen) atoms. The maximum atomic E-state index is 15.4. The molecule has 5 N–H and O–H groups in total. The van der Waals surface area contributed by atoms with Gasteiger partial charge in [0.1, 0.15) is 46.8 Å². The molecule has 0 bridgehead atoms. The Balaban J connectivity index is 0.870. The Hall–Kier alpha value is -5.58. The summed E-state index contributed by atoms with van der Waals surface area (Å²) in [7, 11) is 0. The standard InChI is InChI=1S/C43H48F2N10O4/c44-29-5-2-6-31(13-29)50-40-17-39(53-43-35(26-7-8-26)22-49-54(40)43)47-20-28-10-12-58-24-37(28)59-33-15-30(45)14-32(16-33)51-41-18-38(46-19-27-9-11-57-23-36(27)56)52-42-34(21-48-55(41)42)25-3-1-4-25/h2,5-6,13-18,21-22,25-28,36-37,50-51,56H,1,3-4,7-12,19-20,23-24H2,(H,46,52)(H,47,53)/t27-,28-,36+,37+/m0/s1. The van der Waals surface area contributed by atoms with E-state index in [4.69, 9.17) is 29.3 Å². The van der Waals surface area contributed by atoms with Crippen molar-refractivity contribution in [1.82, 2.24) is 29.2 Å². The third-order valence-electron chi connectivity index (χ3n) is 12.1. The Morgan fingerprint density at radius 1 is 0.695 bits per heavy atom. The van der Waals surface area contributed by atoms with Crippen LogP contribution in [0.1, 0.15) is 67.9 Å². The number of fused-ring (bicyclic) bond motifs is 2. The van der Waals surface area contributed by atoms with Gasteiger partial charge in [0.05, 0.1) is 31.7 Å². The first-order chi connectivity index (χ1) is 28.9. The molecule has 2 saturated heterocycles.